The van der Waals surface area contributed by atoms with Gasteiger partial charge in [-0.05, 0) is 0 Å². The van der Waals surface area contributed by atoms with Crippen molar-refractivity contribution in [1.29, 1.82) is 0 Å². The molecule has 0 aliphatic carbocycles. The van der Waals surface area contributed by atoms with Crippen molar-refractivity contribution in [2.45, 2.75) is 6.42 Å². The molecule has 3 N–H and O–H groups in total. The lowest BCUT2D eigenvalue weighted by molar-refractivity contribution is -0.137. The summed E-state index contributed by atoms with van der Waals surface area (Å²) in [6.07, 6.45) is 0.296. The first-order valence-corrected chi connectivity index (χ1v) is 5.95. The van der Waals surface area contributed by atoms with Crippen LogP contribution in [0.2, 0.25) is 0 Å². The molecule has 8 heteroatoms. The van der Waals surface area contributed by atoms with Gasteiger partial charge in [0.2, 0.25) is 5.91 Å². The maximum atomic E-state index is 11.9. The Morgan fingerprint density at radius 2 is 1.89 bits per heavy atom. The summed E-state index contributed by atoms with van der Waals surface area (Å²) in [4.78, 5) is 13.4. The van der Waals surface area contributed by atoms with Crippen LogP contribution in [0.4, 0.5) is 0 Å². The third-order valence-corrected chi connectivity index (χ3v) is 2.34. The van der Waals surface area contributed by atoms with E-state index in [1.807, 2.05) is 0 Å². The Kier molecular flexibility index (Phi) is 10.8. The minimum Gasteiger partial charge on any atom is -0.409 e. The number of nitrogens with two attached hydrogens (primary N) is 1. The fourth-order valence-electron chi connectivity index (χ4n) is 1.26. The highest BCUT2D eigenvalue weighted by molar-refractivity contribution is 5.81. The quantitative estimate of drug-likeness (QED) is 0.169. The largest absolute Gasteiger partial charge is 0.409 e. The lowest BCUT2D eigenvalue weighted by Crippen LogP contribution is -2.38. The van der Waals surface area contributed by atoms with Crippen LogP contribution in [-0.4, -0.2) is 75.6 Å². The van der Waals surface area contributed by atoms with Crippen LogP contribution in [0.3, 0.4) is 0 Å². The molecule has 0 bridgehead atoms. The van der Waals surface area contributed by atoms with Gasteiger partial charge in [-0.15, -0.1) is 0 Å². The Balaban J connectivity index is 4.11. The van der Waals surface area contributed by atoms with Gasteiger partial charge in [-0.25, -0.2) is 0 Å². The van der Waals surface area contributed by atoms with Crippen molar-refractivity contribution in [2.24, 2.45) is 10.9 Å². The maximum Gasteiger partial charge on any atom is 0.248 e. The summed E-state index contributed by atoms with van der Waals surface area (Å²) in [5.41, 5.74) is 5.37. The van der Waals surface area contributed by atoms with Crippen LogP contribution in [0.1, 0.15) is 6.42 Å². The number of hydrogen-bond acceptors (Lipinski definition) is 6. The number of amidine groups is 1. The van der Waals surface area contributed by atoms with E-state index < -0.39 is 0 Å². The molecule has 8 nitrogen and oxygen atoms in total. The Morgan fingerprint density at radius 3 is 2.47 bits per heavy atom. The second-order valence-corrected chi connectivity index (χ2v) is 3.76. The van der Waals surface area contributed by atoms with Crippen LogP contribution in [-0.2, 0) is 19.0 Å². The fraction of sp³-hybridized carbons (Fsp3) is 0.818. The number of carbonyl (C=O) groups is 1. The number of nitrogens with zero attached hydrogens (tertiary/aromatic N) is 2. The molecule has 0 radical (unpaired) electrons. The van der Waals surface area contributed by atoms with E-state index in [1.54, 1.807) is 19.1 Å². The van der Waals surface area contributed by atoms with Gasteiger partial charge >= 0.3 is 0 Å². The highest BCUT2D eigenvalue weighted by atomic mass is 16.5. The summed E-state index contributed by atoms with van der Waals surface area (Å²) in [5.74, 6) is -0.0885. The summed E-state index contributed by atoms with van der Waals surface area (Å²) in [6, 6.07) is 0. The Bertz CT molecular complexity index is 273. The molecule has 1 amide bonds. The van der Waals surface area contributed by atoms with Crippen molar-refractivity contribution in [3.05, 3.63) is 0 Å². The average Bonchev–Trinajstić information content (AvgIpc) is 2.43. The van der Waals surface area contributed by atoms with Gasteiger partial charge in [0, 0.05) is 33.7 Å². The van der Waals surface area contributed by atoms with Gasteiger partial charge in [-0.3, -0.25) is 4.79 Å². The molecule has 0 saturated heterocycles. The third-order valence-electron chi connectivity index (χ3n) is 2.34. The van der Waals surface area contributed by atoms with Crippen molar-refractivity contribution < 1.29 is 24.2 Å². The molecule has 112 valence electrons. The minimum atomic E-state index is -0.168. The van der Waals surface area contributed by atoms with E-state index in [-0.39, 0.29) is 18.3 Å². The zero-order valence-electron chi connectivity index (χ0n) is 11.5. The molecule has 0 heterocycles. The summed E-state index contributed by atoms with van der Waals surface area (Å²) in [7, 11) is 3.12. The van der Waals surface area contributed by atoms with Crippen LogP contribution >= 0.6 is 0 Å². The zero-order valence-corrected chi connectivity index (χ0v) is 11.5. The number of carbonyl (C=O) groups excluding carboxylic acids is 1. The molecule has 19 heavy (non-hydrogen) atoms. The van der Waals surface area contributed by atoms with Crippen LogP contribution in [0.5, 0.6) is 0 Å². The smallest absolute Gasteiger partial charge is 0.248 e. The molecular formula is C11H23N3O5. The van der Waals surface area contributed by atoms with Gasteiger partial charge in [-0.1, -0.05) is 5.16 Å². The van der Waals surface area contributed by atoms with Crippen molar-refractivity contribution in [3.8, 4) is 0 Å². The number of oxime groups is 1. The van der Waals surface area contributed by atoms with Gasteiger partial charge in [0.25, 0.3) is 0 Å². The van der Waals surface area contributed by atoms with Crippen molar-refractivity contribution >= 4 is 11.7 Å². The van der Waals surface area contributed by atoms with E-state index in [0.717, 1.165) is 0 Å². The molecular weight excluding hydrogens is 254 g/mol. The number of ether oxygens (including phenoxy) is 3. The lowest BCUT2D eigenvalue weighted by atomic mass is 10.3. The zero-order chi connectivity index (χ0) is 14.5. The van der Waals surface area contributed by atoms with Crippen molar-refractivity contribution in [3.63, 3.8) is 0 Å². The maximum absolute atomic E-state index is 11.9. The van der Waals surface area contributed by atoms with Crippen LogP contribution in [0, 0.1) is 0 Å². The van der Waals surface area contributed by atoms with E-state index in [2.05, 4.69) is 5.16 Å². The first-order valence-electron chi connectivity index (χ1n) is 5.95. The van der Waals surface area contributed by atoms with E-state index in [9.17, 15) is 4.79 Å². The summed E-state index contributed by atoms with van der Waals surface area (Å²) >= 11 is 0. The second kappa shape index (κ2) is 11.7. The second-order valence-electron chi connectivity index (χ2n) is 3.76. The topological polar surface area (TPSA) is 107 Å². The SMILES string of the molecule is COCCOCC(=O)N(CCOC)CCC(N)=NO. The average molecular weight is 277 g/mol. The molecule has 0 aliphatic heterocycles. The first-order chi connectivity index (χ1) is 9.15. The van der Waals surface area contributed by atoms with Crippen LogP contribution in [0.15, 0.2) is 5.16 Å². The number of methoxy groups -OCH3 is 2. The van der Waals surface area contributed by atoms with Gasteiger partial charge in [-0.2, -0.15) is 0 Å². The van der Waals surface area contributed by atoms with Crippen LogP contribution < -0.4 is 5.73 Å². The highest BCUT2D eigenvalue weighted by Crippen LogP contribution is 1.95. The van der Waals surface area contributed by atoms with E-state index in [0.29, 0.717) is 39.3 Å². The number of hydrogen-bond donors (Lipinski definition) is 2. The van der Waals surface area contributed by atoms with Crippen molar-refractivity contribution in [1.82, 2.24) is 4.90 Å². The minimum absolute atomic E-state index is 0.0246. The van der Waals surface area contributed by atoms with Gasteiger partial charge < -0.3 is 30.1 Å². The molecule has 0 rings (SSSR count). The Labute approximate surface area is 113 Å². The monoisotopic (exact) mass is 277 g/mol. The summed E-state index contributed by atoms with van der Waals surface area (Å²) in [5, 5.41) is 11.3. The molecule has 0 aromatic heterocycles. The Hall–Kier alpha value is -1.38. The fourth-order valence-corrected chi connectivity index (χ4v) is 1.26. The Morgan fingerprint density at radius 1 is 1.21 bits per heavy atom. The molecule has 0 unspecified atom stereocenters. The molecule has 0 aromatic rings. The molecule has 0 atom stereocenters. The highest BCUT2D eigenvalue weighted by Gasteiger charge is 2.13. The lowest BCUT2D eigenvalue weighted by Gasteiger charge is -2.22. The molecule has 0 aromatic carbocycles. The van der Waals surface area contributed by atoms with Crippen molar-refractivity contribution in [2.75, 3.05) is 53.7 Å². The van der Waals surface area contributed by atoms with Gasteiger partial charge in [0.05, 0.1) is 19.8 Å². The van der Waals surface area contributed by atoms with Gasteiger partial charge in [0.1, 0.15) is 12.4 Å². The predicted octanol–water partition coefficient (Wildman–Crippen LogP) is -0.739. The number of rotatable bonds is 11. The van der Waals surface area contributed by atoms with E-state index in [4.69, 9.17) is 25.2 Å². The number of amides is 1. The standard InChI is InChI=1S/C11H23N3O5/c1-17-6-5-14(4-3-10(12)13-16)11(15)9-19-8-7-18-2/h16H,3-9H2,1-2H3,(H2,12,13). The summed E-state index contributed by atoms with van der Waals surface area (Å²) in [6.45, 7) is 1.98. The molecule has 0 fully saturated rings. The molecule has 0 aliphatic rings. The third kappa shape index (κ3) is 9.23. The normalized spacial score (nSPS) is 11.6. The molecule has 0 spiro atoms. The first kappa shape index (κ1) is 17.6. The molecule has 0 saturated carbocycles. The van der Waals surface area contributed by atoms with E-state index in [1.165, 1.54) is 0 Å². The predicted molar refractivity (Wildman–Crippen MR) is 69.2 cm³/mol. The van der Waals surface area contributed by atoms with E-state index >= 15 is 0 Å². The van der Waals surface area contributed by atoms with Gasteiger partial charge in [0.15, 0.2) is 0 Å². The summed E-state index contributed by atoms with van der Waals surface area (Å²) < 4.78 is 14.9. The van der Waals surface area contributed by atoms with Crippen LogP contribution in [0.25, 0.3) is 0 Å².